The van der Waals surface area contributed by atoms with Crippen molar-refractivity contribution in [2.75, 3.05) is 6.54 Å². The standard InChI is InChI=1S/C19H23ClN4O/c1-13-12-24(18(21)22-11-14-7-4-3-5-8-14)23-19(13,2)15-9-6-10-16(20)17(15)25/h3-10,13,23,25H,11-12H2,1-2H3,(H2,21,22)/t13-,19?/m0/s1. The fourth-order valence-corrected chi connectivity index (χ4v) is 3.32. The summed E-state index contributed by atoms with van der Waals surface area (Å²) in [6.07, 6.45) is 0. The minimum Gasteiger partial charge on any atom is -0.506 e. The van der Waals surface area contributed by atoms with Crippen LogP contribution in [0.3, 0.4) is 0 Å². The highest BCUT2D eigenvalue weighted by molar-refractivity contribution is 6.32. The monoisotopic (exact) mass is 358 g/mol. The number of para-hydroxylation sites is 1. The Bertz CT molecular complexity index is 780. The van der Waals surface area contributed by atoms with Crippen LogP contribution < -0.4 is 11.2 Å². The SMILES string of the molecule is C[C@H]1CN(C(N)=NCc2ccccc2)NC1(C)c1cccc(Cl)c1O. The molecule has 0 amide bonds. The number of phenolic OH excluding ortho intramolecular Hbond substituents is 1. The Labute approximate surface area is 153 Å². The van der Waals surface area contributed by atoms with Crippen molar-refractivity contribution in [1.29, 1.82) is 0 Å². The first kappa shape index (κ1) is 17.6. The van der Waals surface area contributed by atoms with Crippen LogP contribution in [0.25, 0.3) is 0 Å². The summed E-state index contributed by atoms with van der Waals surface area (Å²) in [5.41, 5.74) is 11.0. The lowest BCUT2D eigenvalue weighted by molar-refractivity contribution is 0.271. The zero-order valence-electron chi connectivity index (χ0n) is 14.4. The predicted octanol–water partition coefficient (Wildman–Crippen LogP) is 3.23. The van der Waals surface area contributed by atoms with E-state index in [-0.39, 0.29) is 11.7 Å². The van der Waals surface area contributed by atoms with Crippen molar-refractivity contribution < 1.29 is 5.11 Å². The number of nitrogens with zero attached hydrogens (tertiary/aromatic N) is 2. The number of benzene rings is 2. The van der Waals surface area contributed by atoms with Gasteiger partial charge in [0.15, 0.2) is 0 Å². The van der Waals surface area contributed by atoms with Gasteiger partial charge in [0.1, 0.15) is 5.75 Å². The Balaban J connectivity index is 1.79. The van der Waals surface area contributed by atoms with Gasteiger partial charge >= 0.3 is 0 Å². The lowest BCUT2D eigenvalue weighted by atomic mass is 9.82. The second kappa shape index (κ2) is 6.94. The lowest BCUT2D eigenvalue weighted by Crippen LogP contribution is -2.48. The largest absolute Gasteiger partial charge is 0.506 e. The summed E-state index contributed by atoms with van der Waals surface area (Å²) in [6.45, 7) is 5.36. The Morgan fingerprint density at radius 2 is 2.04 bits per heavy atom. The van der Waals surface area contributed by atoms with Gasteiger partial charge in [0.2, 0.25) is 5.96 Å². The molecule has 1 unspecified atom stereocenters. The third-order valence-electron chi connectivity index (χ3n) is 4.90. The van der Waals surface area contributed by atoms with Gasteiger partial charge in [-0.15, -0.1) is 0 Å². The number of hydrazine groups is 1. The van der Waals surface area contributed by atoms with Gasteiger partial charge in [-0.25, -0.2) is 10.4 Å². The van der Waals surface area contributed by atoms with Crippen molar-refractivity contribution in [2.24, 2.45) is 16.6 Å². The molecule has 0 bridgehead atoms. The van der Waals surface area contributed by atoms with E-state index >= 15 is 0 Å². The van der Waals surface area contributed by atoms with E-state index in [4.69, 9.17) is 17.3 Å². The van der Waals surface area contributed by atoms with E-state index < -0.39 is 5.54 Å². The van der Waals surface area contributed by atoms with Gasteiger partial charge in [-0.05, 0) is 24.5 Å². The van der Waals surface area contributed by atoms with Crippen LogP contribution in [0.5, 0.6) is 5.75 Å². The van der Waals surface area contributed by atoms with Gasteiger partial charge in [-0.3, -0.25) is 5.01 Å². The highest BCUT2D eigenvalue weighted by Crippen LogP contribution is 2.41. The van der Waals surface area contributed by atoms with Gasteiger partial charge in [0.25, 0.3) is 0 Å². The van der Waals surface area contributed by atoms with E-state index in [1.54, 1.807) is 6.07 Å². The zero-order chi connectivity index (χ0) is 18.0. The third-order valence-corrected chi connectivity index (χ3v) is 5.20. The number of aliphatic imine (C=N–C) groups is 1. The predicted molar refractivity (Wildman–Crippen MR) is 101 cm³/mol. The molecule has 2 aromatic rings. The molecule has 1 fully saturated rings. The van der Waals surface area contributed by atoms with Crippen LogP contribution in [0.15, 0.2) is 53.5 Å². The summed E-state index contributed by atoms with van der Waals surface area (Å²) >= 11 is 6.08. The molecular formula is C19H23ClN4O. The molecule has 0 saturated carbocycles. The Morgan fingerprint density at radius 3 is 2.76 bits per heavy atom. The summed E-state index contributed by atoms with van der Waals surface area (Å²) in [5.74, 6) is 0.732. The first-order valence-corrected chi connectivity index (χ1v) is 8.67. The molecule has 25 heavy (non-hydrogen) atoms. The Kier molecular flexibility index (Phi) is 4.88. The summed E-state index contributed by atoms with van der Waals surface area (Å²) in [6, 6.07) is 15.4. The van der Waals surface area contributed by atoms with Crippen LogP contribution >= 0.6 is 11.6 Å². The van der Waals surface area contributed by atoms with Gasteiger partial charge in [-0.2, -0.15) is 0 Å². The third kappa shape index (κ3) is 3.43. The van der Waals surface area contributed by atoms with Crippen molar-refractivity contribution in [2.45, 2.75) is 25.9 Å². The molecule has 0 aliphatic carbocycles. The number of nitrogens with two attached hydrogens (primary N) is 1. The number of phenols is 1. The van der Waals surface area contributed by atoms with E-state index in [0.29, 0.717) is 24.1 Å². The highest BCUT2D eigenvalue weighted by atomic mass is 35.5. The van der Waals surface area contributed by atoms with Gasteiger partial charge in [-0.1, -0.05) is 61.0 Å². The molecule has 3 rings (SSSR count). The van der Waals surface area contributed by atoms with Crippen molar-refractivity contribution in [3.05, 3.63) is 64.7 Å². The van der Waals surface area contributed by atoms with Crippen LogP contribution in [0.1, 0.15) is 25.0 Å². The average molecular weight is 359 g/mol. The molecule has 2 aromatic carbocycles. The number of hydrogen-bond acceptors (Lipinski definition) is 3. The molecule has 1 saturated heterocycles. The minimum absolute atomic E-state index is 0.104. The van der Waals surface area contributed by atoms with Gasteiger partial charge in [0, 0.05) is 12.1 Å². The lowest BCUT2D eigenvalue weighted by Gasteiger charge is -2.30. The normalized spacial score (nSPS) is 23.9. The van der Waals surface area contributed by atoms with E-state index in [9.17, 15) is 5.11 Å². The highest BCUT2D eigenvalue weighted by Gasteiger charge is 2.44. The molecule has 0 radical (unpaired) electrons. The van der Waals surface area contributed by atoms with Gasteiger partial charge < -0.3 is 10.8 Å². The van der Waals surface area contributed by atoms with E-state index in [2.05, 4.69) is 17.3 Å². The van der Waals surface area contributed by atoms with Crippen LogP contribution in [0.2, 0.25) is 5.02 Å². The Morgan fingerprint density at radius 1 is 1.32 bits per heavy atom. The number of halogens is 1. The number of hydrogen-bond donors (Lipinski definition) is 3. The number of aromatic hydroxyl groups is 1. The minimum atomic E-state index is -0.484. The fraction of sp³-hybridized carbons (Fsp3) is 0.316. The van der Waals surface area contributed by atoms with Crippen LogP contribution in [0, 0.1) is 5.92 Å². The molecule has 132 valence electrons. The molecule has 1 aliphatic rings. The number of guanidine groups is 1. The molecule has 2 atom stereocenters. The van der Waals surface area contributed by atoms with Crippen LogP contribution in [0.4, 0.5) is 0 Å². The zero-order valence-corrected chi connectivity index (χ0v) is 15.2. The second-order valence-corrected chi connectivity index (χ2v) is 7.03. The Hall–Kier alpha value is -2.24. The van der Waals surface area contributed by atoms with E-state index in [0.717, 1.165) is 11.1 Å². The quantitative estimate of drug-likeness (QED) is 0.581. The molecule has 0 aromatic heterocycles. The molecule has 1 heterocycles. The maximum Gasteiger partial charge on any atom is 0.206 e. The smallest absolute Gasteiger partial charge is 0.206 e. The number of rotatable bonds is 3. The molecule has 5 nitrogen and oxygen atoms in total. The van der Waals surface area contributed by atoms with E-state index in [1.807, 2.05) is 54.4 Å². The van der Waals surface area contributed by atoms with Crippen LogP contribution in [-0.2, 0) is 12.1 Å². The first-order chi connectivity index (χ1) is 11.9. The summed E-state index contributed by atoms with van der Waals surface area (Å²) in [4.78, 5) is 4.48. The maximum absolute atomic E-state index is 10.4. The van der Waals surface area contributed by atoms with Crippen molar-refractivity contribution in [3.8, 4) is 5.75 Å². The summed E-state index contributed by atoms with van der Waals surface area (Å²) in [7, 11) is 0. The van der Waals surface area contributed by atoms with Gasteiger partial charge in [0.05, 0.1) is 17.1 Å². The van der Waals surface area contributed by atoms with Crippen molar-refractivity contribution >= 4 is 17.6 Å². The molecular weight excluding hydrogens is 336 g/mol. The van der Waals surface area contributed by atoms with Crippen LogP contribution in [-0.4, -0.2) is 22.6 Å². The summed E-state index contributed by atoms with van der Waals surface area (Å²) < 4.78 is 0. The molecule has 4 N–H and O–H groups in total. The molecule has 1 aliphatic heterocycles. The summed E-state index contributed by atoms with van der Waals surface area (Å²) in [5, 5.41) is 12.6. The molecule has 6 heteroatoms. The van der Waals surface area contributed by atoms with Crippen molar-refractivity contribution in [3.63, 3.8) is 0 Å². The maximum atomic E-state index is 10.4. The fourth-order valence-electron chi connectivity index (χ4n) is 3.14. The van der Waals surface area contributed by atoms with E-state index in [1.165, 1.54) is 0 Å². The van der Waals surface area contributed by atoms with Crippen molar-refractivity contribution in [1.82, 2.24) is 10.4 Å². The number of nitrogens with one attached hydrogen (secondary N) is 1. The topological polar surface area (TPSA) is 73.9 Å². The first-order valence-electron chi connectivity index (χ1n) is 8.29. The average Bonchev–Trinajstić information content (AvgIpc) is 2.92. The second-order valence-electron chi connectivity index (χ2n) is 6.62. The molecule has 0 spiro atoms.